The summed E-state index contributed by atoms with van der Waals surface area (Å²) in [5.41, 5.74) is 4.89. The number of halogens is 2. The third-order valence-corrected chi connectivity index (χ3v) is 2.57. The standard InChI is InChI=1S/C14H15F2N3O3/c1-14(2,3)21-13(20)19-10-5-7(4-9(15)11(10)16)8-6-18-22-12(8)17/h4-6H,17H2,1-3H3,(H,19,20). The van der Waals surface area contributed by atoms with Crippen LogP contribution in [0.15, 0.2) is 22.9 Å². The first-order valence-electron chi connectivity index (χ1n) is 6.37. The molecule has 22 heavy (non-hydrogen) atoms. The molecule has 0 atom stereocenters. The van der Waals surface area contributed by atoms with Crippen molar-refractivity contribution in [3.63, 3.8) is 0 Å². The Kier molecular flexibility index (Phi) is 4.03. The Morgan fingerprint density at radius 2 is 2.05 bits per heavy atom. The second kappa shape index (κ2) is 5.63. The first-order valence-corrected chi connectivity index (χ1v) is 6.37. The van der Waals surface area contributed by atoms with Crippen LogP contribution >= 0.6 is 0 Å². The monoisotopic (exact) mass is 311 g/mol. The number of carbonyl (C=O) groups excluding carboxylic acids is 1. The van der Waals surface area contributed by atoms with Gasteiger partial charge in [-0.05, 0) is 38.5 Å². The summed E-state index contributed by atoms with van der Waals surface area (Å²) in [6.07, 6.45) is 0.362. The lowest BCUT2D eigenvalue weighted by molar-refractivity contribution is 0.0635. The van der Waals surface area contributed by atoms with Crippen molar-refractivity contribution in [2.75, 3.05) is 11.1 Å². The molecule has 8 heteroatoms. The van der Waals surface area contributed by atoms with Crippen molar-refractivity contribution in [1.29, 1.82) is 0 Å². The first kappa shape index (κ1) is 15.7. The van der Waals surface area contributed by atoms with Gasteiger partial charge in [-0.25, -0.2) is 13.6 Å². The van der Waals surface area contributed by atoms with E-state index >= 15 is 0 Å². The highest BCUT2D eigenvalue weighted by Gasteiger charge is 2.20. The Balaban J connectivity index is 2.34. The van der Waals surface area contributed by atoms with E-state index in [2.05, 4.69) is 15.0 Å². The van der Waals surface area contributed by atoms with Crippen molar-refractivity contribution < 1.29 is 22.8 Å². The summed E-state index contributed by atoms with van der Waals surface area (Å²) in [4.78, 5) is 11.7. The number of aromatic nitrogens is 1. The molecule has 0 saturated heterocycles. The van der Waals surface area contributed by atoms with Crippen LogP contribution in [0.25, 0.3) is 11.1 Å². The third-order valence-electron chi connectivity index (χ3n) is 2.57. The predicted molar refractivity (Wildman–Crippen MR) is 76.1 cm³/mol. The minimum atomic E-state index is -1.20. The van der Waals surface area contributed by atoms with Crippen molar-refractivity contribution in [3.8, 4) is 11.1 Å². The fourth-order valence-corrected chi connectivity index (χ4v) is 1.71. The van der Waals surface area contributed by atoms with Gasteiger partial charge in [-0.1, -0.05) is 5.16 Å². The van der Waals surface area contributed by atoms with E-state index in [1.54, 1.807) is 20.8 Å². The molecule has 0 aliphatic rings. The van der Waals surface area contributed by atoms with Gasteiger partial charge >= 0.3 is 6.09 Å². The largest absolute Gasteiger partial charge is 0.444 e. The van der Waals surface area contributed by atoms with Gasteiger partial charge in [0.25, 0.3) is 0 Å². The zero-order valence-electron chi connectivity index (χ0n) is 12.2. The Morgan fingerprint density at radius 1 is 1.36 bits per heavy atom. The van der Waals surface area contributed by atoms with Crippen molar-refractivity contribution in [2.24, 2.45) is 0 Å². The molecule has 0 radical (unpaired) electrons. The molecule has 1 aromatic carbocycles. The van der Waals surface area contributed by atoms with E-state index in [0.29, 0.717) is 0 Å². The summed E-state index contributed by atoms with van der Waals surface area (Å²) in [6.45, 7) is 4.95. The quantitative estimate of drug-likeness (QED) is 0.885. The number of ether oxygens (including phenoxy) is 1. The molecule has 0 saturated carbocycles. The average Bonchev–Trinajstić information content (AvgIpc) is 2.78. The van der Waals surface area contributed by atoms with Crippen LogP contribution < -0.4 is 11.1 Å². The number of nitrogens with zero attached hydrogens (tertiary/aromatic N) is 1. The molecule has 2 rings (SSSR count). The second-order valence-electron chi connectivity index (χ2n) is 5.55. The SMILES string of the molecule is CC(C)(C)OC(=O)Nc1cc(-c2cnoc2N)cc(F)c1F. The van der Waals surface area contributed by atoms with Crippen molar-refractivity contribution in [3.05, 3.63) is 30.0 Å². The van der Waals surface area contributed by atoms with Crippen LogP contribution in [0.5, 0.6) is 0 Å². The Labute approximate surface area is 125 Å². The van der Waals surface area contributed by atoms with E-state index in [0.717, 1.165) is 6.07 Å². The highest BCUT2D eigenvalue weighted by Crippen LogP contribution is 2.30. The Bertz CT molecular complexity index is 708. The van der Waals surface area contributed by atoms with Gasteiger partial charge in [-0.15, -0.1) is 0 Å². The number of hydrogen-bond donors (Lipinski definition) is 2. The molecule has 0 aliphatic carbocycles. The van der Waals surface area contributed by atoms with Crippen LogP contribution in [0.3, 0.4) is 0 Å². The molecular weight excluding hydrogens is 296 g/mol. The van der Waals surface area contributed by atoms with Gasteiger partial charge < -0.3 is 15.0 Å². The number of benzene rings is 1. The van der Waals surface area contributed by atoms with Crippen LogP contribution in [0.1, 0.15) is 20.8 Å². The van der Waals surface area contributed by atoms with E-state index in [1.807, 2.05) is 0 Å². The lowest BCUT2D eigenvalue weighted by Crippen LogP contribution is -2.27. The number of amides is 1. The highest BCUT2D eigenvalue weighted by molar-refractivity contribution is 5.87. The summed E-state index contributed by atoms with van der Waals surface area (Å²) < 4.78 is 37.2. The van der Waals surface area contributed by atoms with Crippen LogP contribution in [0.4, 0.5) is 25.1 Å². The molecule has 1 aromatic heterocycles. The van der Waals surface area contributed by atoms with Gasteiger partial charge in [0.1, 0.15) is 5.60 Å². The van der Waals surface area contributed by atoms with Gasteiger partial charge in [0.15, 0.2) is 11.6 Å². The Hall–Kier alpha value is -2.64. The smallest absolute Gasteiger partial charge is 0.412 e. The minimum Gasteiger partial charge on any atom is -0.444 e. The Morgan fingerprint density at radius 3 is 2.59 bits per heavy atom. The number of carbonyl (C=O) groups is 1. The van der Waals surface area contributed by atoms with Gasteiger partial charge in [0.2, 0.25) is 5.88 Å². The van der Waals surface area contributed by atoms with E-state index in [1.165, 1.54) is 12.3 Å². The molecule has 0 spiro atoms. The predicted octanol–water partition coefficient (Wildman–Crippen LogP) is 3.55. The molecule has 0 aliphatic heterocycles. The molecule has 0 fully saturated rings. The second-order valence-corrected chi connectivity index (χ2v) is 5.55. The maximum Gasteiger partial charge on any atom is 0.412 e. The van der Waals surface area contributed by atoms with Crippen LogP contribution in [-0.2, 0) is 4.74 Å². The summed E-state index contributed by atoms with van der Waals surface area (Å²) in [7, 11) is 0. The molecule has 1 heterocycles. The van der Waals surface area contributed by atoms with Gasteiger partial charge in [0.05, 0.1) is 17.4 Å². The summed E-state index contributed by atoms with van der Waals surface area (Å²) in [6, 6.07) is 2.14. The fraction of sp³-hybridized carbons (Fsp3) is 0.286. The number of nitrogens with one attached hydrogen (secondary N) is 1. The average molecular weight is 311 g/mol. The third kappa shape index (κ3) is 3.51. The topological polar surface area (TPSA) is 90.4 Å². The lowest BCUT2D eigenvalue weighted by Gasteiger charge is -2.20. The summed E-state index contributed by atoms with van der Waals surface area (Å²) in [5.74, 6) is -2.40. The summed E-state index contributed by atoms with van der Waals surface area (Å²) >= 11 is 0. The number of rotatable bonds is 2. The van der Waals surface area contributed by atoms with E-state index in [4.69, 9.17) is 10.5 Å². The van der Waals surface area contributed by atoms with Crippen molar-refractivity contribution in [1.82, 2.24) is 5.16 Å². The number of anilines is 2. The first-order chi connectivity index (χ1) is 10.2. The molecule has 118 valence electrons. The van der Waals surface area contributed by atoms with E-state index in [9.17, 15) is 13.6 Å². The molecule has 6 nitrogen and oxygen atoms in total. The van der Waals surface area contributed by atoms with Gasteiger partial charge in [-0.2, -0.15) is 0 Å². The van der Waals surface area contributed by atoms with Crippen LogP contribution in [0, 0.1) is 11.6 Å². The van der Waals surface area contributed by atoms with Gasteiger partial charge in [-0.3, -0.25) is 5.32 Å². The number of nitrogens with two attached hydrogens (primary N) is 1. The van der Waals surface area contributed by atoms with Crippen LogP contribution in [-0.4, -0.2) is 16.9 Å². The van der Waals surface area contributed by atoms with E-state index in [-0.39, 0.29) is 22.7 Å². The summed E-state index contributed by atoms with van der Waals surface area (Å²) in [5, 5.41) is 5.62. The zero-order chi connectivity index (χ0) is 16.5. The van der Waals surface area contributed by atoms with Crippen LogP contribution in [0.2, 0.25) is 0 Å². The molecule has 3 N–H and O–H groups in total. The lowest BCUT2D eigenvalue weighted by atomic mass is 10.1. The normalized spacial score (nSPS) is 11.3. The minimum absolute atomic E-state index is 0.0470. The number of nitrogen functional groups attached to an aromatic ring is 1. The number of hydrogen-bond acceptors (Lipinski definition) is 5. The van der Waals surface area contributed by atoms with Gasteiger partial charge in [0, 0.05) is 0 Å². The molecule has 1 amide bonds. The maximum atomic E-state index is 13.8. The van der Waals surface area contributed by atoms with E-state index < -0.39 is 23.3 Å². The highest BCUT2D eigenvalue weighted by atomic mass is 19.2. The molecular formula is C14H15F2N3O3. The molecule has 0 bridgehead atoms. The fourth-order valence-electron chi connectivity index (χ4n) is 1.71. The zero-order valence-corrected chi connectivity index (χ0v) is 12.2. The van der Waals surface area contributed by atoms with Crippen molar-refractivity contribution >= 4 is 17.7 Å². The maximum absolute atomic E-state index is 13.8. The molecule has 2 aromatic rings. The van der Waals surface area contributed by atoms with Crippen molar-refractivity contribution in [2.45, 2.75) is 26.4 Å². The molecule has 0 unspecified atom stereocenters.